The minimum atomic E-state index is -0.503. The van der Waals surface area contributed by atoms with Crippen LogP contribution in [0.25, 0.3) is 0 Å². The molecule has 0 saturated heterocycles. The monoisotopic (exact) mass is 257 g/mol. The smallest absolute Gasteiger partial charge is 0.310 e. The van der Waals surface area contributed by atoms with Gasteiger partial charge in [0, 0.05) is 12.1 Å². The number of anilines is 1. The van der Waals surface area contributed by atoms with Crippen LogP contribution in [-0.4, -0.2) is 27.2 Å². The van der Waals surface area contributed by atoms with Gasteiger partial charge in [-0.2, -0.15) is 0 Å². The van der Waals surface area contributed by atoms with E-state index >= 15 is 0 Å². The van der Waals surface area contributed by atoms with Crippen molar-refractivity contribution in [3.63, 3.8) is 0 Å². The van der Waals surface area contributed by atoms with E-state index in [0.29, 0.717) is 18.5 Å². The summed E-state index contributed by atoms with van der Waals surface area (Å²) >= 11 is 5.71. The topological polar surface area (TPSA) is 88.3 Å². The van der Waals surface area contributed by atoms with E-state index in [1.165, 1.54) is 6.07 Å². The van der Waals surface area contributed by atoms with Gasteiger partial charge in [-0.25, -0.2) is 4.98 Å². The summed E-state index contributed by atoms with van der Waals surface area (Å²) in [7, 11) is 0. The van der Waals surface area contributed by atoms with Crippen molar-refractivity contribution in [1.29, 1.82) is 0 Å². The molecule has 0 radical (unpaired) electrons. The van der Waals surface area contributed by atoms with Gasteiger partial charge in [-0.05, 0) is 19.3 Å². The number of rotatable bonds is 3. The normalized spacial score (nSPS) is 23.6. The first-order chi connectivity index (χ1) is 8.06. The molecule has 2 unspecified atom stereocenters. The van der Waals surface area contributed by atoms with Gasteiger partial charge in [0.1, 0.15) is 17.0 Å². The van der Waals surface area contributed by atoms with Crippen LogP contribution in [0.1, 0.15) is 19.3 Å². The first-order valence-electron chi connectivity index (χ1n) is 5.31. The van der Waals surface area contributed by atoms with Gasteiger partial charge in [0.25, 0.3) is 0 Å². The van der Waals surface area contributed by atoms with Gasteiger partial charge in [-0.1, -0.05) is 11.6 Å². The predicted octanol–water partition coefficient (Wildman–Crippen LogP) is 1.97. The highest BCUT2D eigenvalue weighted by Crippen LogP contribution is 2.29. The molecule has 92 valence electrons. The number of aliphatic hydroxyl groups excluding tert-OH is 1. The third-order valence-electron chi connectivity index (χ3n) is 2.81. The average molecular weight is 258 g/mol. The molecule has 0 spiro atoms. The molecule has 1 aliphatic carbocycles. The Labute approximate surface area is 103 Å². The summed E-state index contributed by atoms with van der Waals surface area (Å²) in [5.74, 6) is 0. The molecule has 2 atom stereocenters. The molecule has 1 aromatic heterocycles. The summed E-state index contributed by atoms with van der Waals surface area (Å²) in [6.07, 6.45) is 2.90. The Kier molecular flexibility index (Phi) is 3.44. The van der Waals surface area contributed by atoms with Crippen LogP contribution in [0.2, 0.25) is 5.15 Å². The standard InChI is InChI=1S/C10H12ClN3O3/c11-10-4-8(9(5-12-10)14(16)17)13-6-1-2-7(15)3-6/h4-7,15H,1-3H2,(H,12,13). The van der Waals surface area contributed by atoms with Crippen molar-refractivity contribution >= 4 is 23.0 Å². The number of nitrogens with one attached hydrogen (secondary N) is 1. The van der Waals surface area contributed by atoms with Gasteiger partial charge in [0.05, 0.1) is 11.0 Å². The maximum absolute atomic E-state index is 10.8. The molecule has 0 aromatic carbocycles. The Bertz CT molecular complexity index is 441. The minimum Gasteiger partial charge on any atom is -0.393 e. The number of nitrogens with zero attached hydrogens (tertiary/aromatic N) is 2. The fourth-order valence-corrected chi connectivity index (χ4v) is 2.15. The number of aromatic nitrogens is 1. The fourth-order valence-electron chi connectivity index (χ4n) is 1.99. The van der Waals surface area contributed by atoms with Gasteiger partial charge in [-0.3, -0.25) is 10.1 Å². The molecule has 0 bridgehead atoms. The number of pyridine rings is 1. The van der Waals surface area contributed by atoms with E-state index < -0.39 is 4.92 Å². The average Bonchev–Trinajstić information content (AvgIpc) is 2.63. The van der Waals surface area contributed by atoms with Gasteiger partial charge < -0.3 is 10.4 Å². The van der Waals surface area contributed by atoms with E-state index in [-0.39, 0.29) is 23.0 Å². The quantitative estimate of drug-likeness (QED) is 0.491. The summed E-state index contributed by atoms with van der Waals surface area (Å²) < 4.78 is 0. The van der Waals surface area contributed by atoms with Crippen LogP contribution in [0.3, 0.4) is 0 Å². The molecule has 7 heteroatoms. The second-order valence-corrected chi connectivity index (χ2v) is 4.48. The Morgan fingerprint density at radius 2 is 2.35 bits per heavy atom. The molecule has 6 nitrogen and oxygen atoms in total. The first kappa shape index (κ1) is 12.1. The van der Waals surface area contributed by atoms with Crippen molar-refractivity contribution in [2.75, 3.05) is 5.32 Å². The molecule has 1 heterocycles. The van der Waals surface area contributed by atoms with Crippen LogP contribution < -0.4 is 5.32 Å². The molecule has 2 rings (SSSR count). The van der Waals surface area contributed by atoms with Crippen LogP contribution in [-0.2, 0) is 0 Å². The number of hydrogen-bond acceptors (Lipinski definition) is 5. The zero-order valence-corrected chi connectivity index (χ0v) is 9.72. The van der Waals surface area contributed by atoms with Gasteiger partial charge in [0.15, 0.2) is 0 Å². The number of halogens is 1. The van der Waals surface area contributed by atoms with Crippen LogP contribution >= 0.6 is 11.6 Å². The molecule has 0 amide bonds. The van der Waals surface area contributed by atoms with E-state index in [2.05, 4.69) is 10.3 Å². The van der Waals surface area contributed by atoms with E-state index in [9.17, 15) is 15.2 Å². The van der Waals surface area contributed by atoms with Crippen molar-refractivity contribution in [1.82, 2.24) is 4.98 Å². The lowest BCUT2D eigenvalue weighted by Crippen LogP contribution is -2.17. The molecule has 1 aliphatic rings. The Morgan fingerprint density at radius 3 is 2.94 bits per heavy atom. The molecular formula is C10H12ClN3O3. The van der Waals surface area contributed by atoms with E-state index in [1.807, 2.05) is 0 Å². The predicted molar refractivity (Wildman–Crippen MR) is 63.2 cm³/mol. The zero-order valence-electron chi connectivity index (χ0n) is 8.97. The van der Waals surface area contributed by atoms with Crippen LogP contribution in [0.15, 0.2) is 12.3 Å². The Balaban J connectivity index is 2.19. The zero-order chi connectivity index (χ0) is 12.4. The van der Waals surface area contributed by atoms with Gasteiger partial charge in [-0.15, -0.1) is 0 Å². The maximum Gasteiger partial charge on any atom is 0.310 e. The van der Waals surface area contributed by atoms with Crippen molar-refractivity contribution < 1.29 is 10.0 Å². The van der Waals surface area contributed by atoms with Crippen LogP contribution in [0.4, 0.5) is 11.4 Å². The highest BCUT2D eigenvalue weighted by molar-refractivity contribution is 6.29. The SMILES string of the molecule is O=[N+]([O-])c1cnc(Cl)cc1NC1CCC(O)C1. The third-order valence-corrected chi connectivity index (χ3v) is 3.02. The molecule has 17 heavy (non-hydrogen) atoms. The third kappa shape index (κ3) is 2.83. The van der Waals surface area contributed by atoms with Crippen LogP contribution in [0, 0.1) is 10.1 Å². The van der Waals surface area contributed by atoms with E-state index in [1.54, 1.807) is 0 Å². The summed E-state index contributed by atoms with van der Waals surface area (Å²) in [4.78, 5) is 14.0. The summed E-state index contributed by atoms with van der Waals surface area (Å²) in [6, 6.07) is 1.48. The van der Waals surface area contributed by atoms with Crippen molar-refractivity contribution in [2.24, 2.45) is 0 Å². The van der Waals surface area contributed by atoms with E-state index in [4.69, 9.17) is 11.6 Å². The summed E-state index contributed by atoms with van der Waals surface area (Å²) in [5, 5.41) is 23.4. The number of aliphatic hydroxyl groups is 1. The molecule has 0 aliphatic heterocycles. The highest BCUT2D eigenvalue weighted by Gasteiger charge is 2.25. The summed E-state index contributed by atoms with van der Waals surface area (Å²) in [5.41, 5.74) is 0.255. The second kappa shape index (κ2) is 4.85. The lowest BCUT2D eigenvalue weighted by atomic mass is 10.2. The van der Waals surface area contributed by atoms with Gasteiger partial charge in [0.2, 0.25) is 0 Å². The van der Waals surface area contributed by atoms with Crippen molar-refractivity contribution in [3.8, 4) is 0 Å². The minimum absolute atomic E-state index is 0.0437. The first-order valence-corrected chi connectivity index (χ1v) is 5.68. The molecule has 1 fully saturated rings. The number of nitro groups is 1. The van der Waals surface area contributed by atoms with E-state index in [0.717, 1.165) is 12.6 Å². The second-order valence-electron chi connectivity index (χ2n) is 4.09. The maximum atomic E-state index is 10.8. The molecule has 1 saturated carbocycles. The lowest BCUT2D eigenvalue weighted by molar-refractivity contribution is -0.384. The molecule has 2 N–H and O–H groups in total. The Morgan fingerprint density at radius 1 is 1.59 bits per heavy atom. The number of hydrogen-bond donors (Lipinski definition) is 2. The molecular weight excluding hydrogens is 246 g/mol. The van der Waals surface area contributed by atoms with Crippen molar-refractivity contribution in [3.05, 3.63) is 27.5 Å². The lowest BCUT2D eigenvalue weighted by Gasteiger charge is -2.13. The van der Waals surface area contributed by atoms with Crippen LogP contribution in [0.5, 0.6) is 0 Å². The van der Waals surface area contributed by atoms with Gasteiger partial charge >= 0.3 is 5.69 Å². The highest BCUT2D eigenvalue weighted by atomic mass is 35.5. The fraction of sp³-hybridized carbons (Fsp3) is 0.500. The van der Waals surface area contributed by atoms with Crippen molar-refractivity contribution in [2.45, 2.75) is 31.4 Å². The summed E-state index contributed by atoms with van der Waals surface area (Å²) in [6.45, 7) is 0. The Hall–Kier alpha value is -1.40. The largest absolute Gasteiger partial charge is 0.393 e. The molecule has 1 aromatic rings.